The number of carbonyl (C=O) groups is 2. The van der Waals surface area contributed by atoms with E-state index in [-0.39, 0.29) is 24.4 Å². The predicted molar refractivity (Wildman–Crippen MR) is 109 cm³/mol. The number of ether oxygens (including phenoxy) is 2. The number of nitrogens with zero attached hydrogens (tertiary/aromatic N) is 2. The molecule has 2 atom stereocenters. The van der Waals surface area contributed by atoms with Crippen molar-refractivity contribution in [2.24, 2.45) is 22.1 Å². The molecule has 156 valence electrons. The Morgan fingerprint density at radius 1 is 1.31 bits per heavy atom. The number of aliphatic imine (C=N–C) groups is 1. The lowest BCUT2D eigenvalue weighted by atomic mass is 9.63. The molecule has 0 bridgehead atoms. The third-order valence-electron chi connectivity index (χ3n) is 5.29. The molecular weight excluding hydrogens is 370 g/mol. The van der Waals surface area contributed by atoms with Gasteiger partial charge in [0.25, 0.3) is 0 Å². The van der Waals surface area contributed by atoms with Gasteiger partial charge in [0.05, 0.1) is 37.0 Å². The van der Waals surface area contributed by atoms with E-state index in [9.17, 15) is 9.59 Å². The van der Waals surface area contributed by atoms with E-state index in [4.69, 9.17) is 20.2 Å². The van der Waals surface area contributed by atoms with Crippen molar-refractivity contribution in [2.75, 3.05) is 26.4 Å². The third kappa shape index (κ3) is 4.62. The van der Waals surface area contributed by atoms with Crippen LogP contribution in [-0.2, 0) is 19.1 Å². The molecule has 1 aliphatic heterocycles. The third-order valence-corrected chi connectivity index (χ3v) is 5.29. The van der Waals surface area contributed by atoms with Crippen molar-refractivity contribution in [2.45, 2.75) is 39.5 Å². The Morgan fingerprint density at radius 2 is 2.10 bits per heavy atom. The predicted octanol–water partition coefficient (Wildman–Crippen LogP) is 2.42. The zero-order valence-corrected chi connectivity index (χ0v) is 17.3. The van der Waals surface area contributed by atoms with Gasteiger partial charge in [-0.25, -0.2) is 4.79 Å². The fraction of sp³-hybridized carbons (Fsp3) is 0.545. The topological polar surface area (TPSA) is 104 Å². The van der Waals surface area contributed by atoms with Gasteiger partial charge in [-0.3, -0.25) is 14.8 Å². The number of aromatic nitrogens is 1. The quantitative estimate of drug-likeness (QED) is 0.558. The average Bonchev–Trinajstić information content (AvgIpc) is 2.67. The molecule has 2 heterocycles. The number of pyridine rings is 1. The molecule has 0 spiro atoms. The molecule has 0 radical (unpaired) electrons. The Kier molecular flexibility index (Phi) is 6.59. The first-order chi connectivity index (χ1) is 13.9. The van der Waals surface area contributed by atoms with E-state index in [1.54, 1.807) is 19.3 Å². The zero-order valence-electron chi connectivity index (χ0n) is 17.3. The first kappa shape index (κ1) is 21.3. The van der Waals surface area contributed by atoms with Crippen molar-refractivity contribution in [3.05, 3.63) is 41.4 Å². The van der Waals surface area contributed by atoms with Crippen molar-refractivity contribution in [1.82, 2.24) is 4.98 Å². The SMILES string of the molecule is CCOC(=O)C1=C(COCCN)N=C2CC(C)(C)CC(=O)C2C1c1cccnc1. The summed E-state index contributed by atoms with van der Waals surface area (Å²) in [6.07, 6.45) is 4.52. The normalized spacial score (nSPS) is 23.4. The number of Topliss-reactive ketones (excluding diaryl/α,β-unsaturated/α-hetero) is 1. The number of hydrogen-bond acceptors (Lipinski definition) is 7. The largest absolute Gasteiger partial charge is 0.463 e. The Hall–Kier alpha value is -2.38. The number of carbonyl (C=O) groups excluding carboxylic acids is 2. The molecule has 0 aromatic carbocycles. The molecule has 7 heteroatoms. The molecule has 2 unspecified atom stereocenters. The molecule has 1 aromatic heterocycles. The summed E-state index contributed by atoms with van der Waals surface area (Å²) in [4.78, 5) is 35.2. The summed E-state index contributed by atoms with van der Waals surface area (Å²) in [6, 6.07) is 3.70. The summed E-state index contributed by atoms with van der Waals surface area (Å²) >= 11 is 0. The highest BCUT2D eigenvalue weighted by Crippen LogP contribution is 2.46. The van der Waals surface area contributed by atoms with Gasteiger partial charge in [-0.2, -0.15) is 0 Å². The molecule has 1 aromatic rings. The highest BCUT2D eigenvalue weighted by Gasteiger charge is 2.48. The minimum absolute atomic E-state index is 0.0950. The van der Waals surface area contributed by atoms with Crippen LogP contribution in [0.1, 0.15) is 45.1 Å². The second kappa shape index (κ2) is 8.97. The van der Waals surface area contributed by atoms with Gasteiger partial charge in [0.1, 0.15) is 5.78 Å². The van der Waals surface area contributed by atoms with Crippen molar-refractivity contribution in [3.63, 3.8) is 0 Å². The second-order valence-corrected chi connectivity index (χ2v) is 8.25. The van der Waals surface area contributed by atoms with E-state index in [1.807, 2.05) is 12.1 Å². The maximum atomic E-state index is 13.2. The molecule has 1 saturated carbocycles. The summed E-state index contributed by atoms with van der Waals surface area (Å²) in [7, 11) is 0. The van der Waals surface area contributed by atoms with Crippen LogP contribution in [0.2, 0.25) is 0 Å². The number of hydrogen-bond donors (Lipinski definition) is 1. The van der Waals surface area contributed by atoms with E-state index in [1.165, 1.54) is 0 Å². The second-order valence-electron chi connectivity index (χ2n) is 8.25. The van der Waals surface area contributed by atoms with Crippen LogP contribution in [-0.4, -0.2) is 48.8 Å². The number of esters is 1. The highest BCUT2D eigenvalue weighted by molar-refractivity contribution is 6.12. The van der Waals surface area contributed by atoms with Gasteiger partial charge in [0, 0.05) is 37.0 Å². The van der Waals surface area contributed by atoms with E-state index in [2.05, 4.69) is 18.8 Å². The molecule has 1 aliphatic carbocycles. The van der Waals surface area contributed by atoms with Gasteiger partial charge in [-0.05, 0) is 30.4 Å². The molecular formula is C22H29N3O4. The van der Waals surface area contributed by atoms with Crippen LogP contribution in [0.15, 0.2) is 40.8 Å². The lowest BCUT2D eigenvalue weighted by Gasteiger charge is -2.41. The van der Waals surface area contributed by atoms with Gasteiger partial charge in [0.2, 0.25) is 0 Å². The first-order valence-electron chi connectivity index (χ1n) is 10.1. The number of nitrogens with two attached hydrogens (primary N) is 1. The Morgan fingerprint density at radius 3 is 2.76 bits per heavy atom. The highest BCUT2D eigenvalue weighted by atomic mass is 16.5. The van der Waals surface area contributed by atoms with E-state index >= 15 is 0 Å². The first-order valence-corrected chi connectivity index (χ1v) is 10.1. The van der Waals surface area contributed by atoms with Crippen LogP contribution in [0.5, 0.6) is 0 Å². The van der Waals surface area contributed by atoms with Gasteiger partial charge in [-0.1, -0.05) is 19.9 Å². The molecule has 0 saturated heterocycles. The summed E-state index contributed by atoms with van der Waals surface area (Å²) in [5.74, 6) is -1.33. The van der Waals surface area contributed by atoms with E-state index in [0.717, 1.165) is 11.3 Å². The van der Waals surface area contributed by atoms with Crippen molar-refractivity contribution < 1.29 is 19.1 Å². The average molecular weight is 399 g/mol. The monoisotopic (exact) mass is 399 g/mol. The Bertz CT molecular complexity index is 830. The minimum atomic E-state index is -0.482. The van der Waals surface area contributed by atoms with Crippen molar-refractivity contribution in [3.8, 4) is 0 Å². The van der Waals surface area contributed by atoms with Gasteiger partial charge < -0.3 is 15.2 Å². The standard InChI is InChI=1S/C22H29N3O4/c1-4-29-21(27)20-16(13-28-9-7-23)25-15-10-22(2,3)11-17(26)19(15)18(20)14-6-5-8-24-12-14/h5-6,8,12,18-19H,4,7,9-11,13,23H2,1-3H3. The number of fused-ring (bicyclic) bond motifs is 1. The van der Waals surface area contributed by atoms with Gasteiger partial charge in [-0.15, -0.1) is 0 Å². The zero-order chi connectivity index (χ0) is 21.0. The van der Waals surface area contributed by atoms with Crippen molar-refractivity contribution in [1.29, 1.82) is 0 Å². The summed E-state index contributed by atoms with van der Waals surface area (Å²) in [5.41, 5.74) is 7.89. The van der Waals surface area contributed by atoms with Crippen LogP contribution in [0.4, 0.5) is 0 Å². The van der Waals surface area contributed by atoms with Gasteiger partial charge in [0.15, 0.2) is 0 Å². The molecule has 7 nitrogen and oxygen atoms in total. The molecule has 3 rings (SSSR count). The van der Waals surface area contributed by atoms with Crippen LogP contribution in [0.25, 0.3) is 0 Å². The maximum absolute atomic E-state index is 13.2. The smallest absolute Gasteiger partial charge is 0.336 e. The lowest BCUT2D eigenvalue weighted by Crippen LogP contribution is -2.44. The van der Waals surface area contributed by atoms with Crippen LogP contribution in [0, 0.1) is 11.3 Å². The molecule has 0 amide bonds. The van der Waals surface area contributed by atoms with Crippen molar-refractivity contribution >= 4 is 17.5 Å². The number of rotatable bonds is 7. The fourth-order valence-corrected chi connectivity index (χ4v) is 4.23. The van der Waals surface area contributed by atoms with Crippen LogP contribution in [0.3, 0.4) is 0 Å². The van der Waals surface area contributed by atoms with E-state index < -0.39 is 17.8 Å². The molecule has 1 fully saturated rings. The summed E-state index contributed by atoms with van der Waals surface area (Å²) in [6.45, 7) is 7.01. The van der Waals surface area contributed by atoms with Gasteiger partial charge >= 0.3 is 5.97 Å². The fourth-order valence-electron chi connectivity index (χ4n) is 4.23. The summed E-state index contributed by atoms with van der Waals surface area (Å²) in [5, 5.41) is 0. The van der Waals surface area contributed by atoms with Crippen LogP contribution >= 0.6 is 0 Å². The molecule has 2 aliphatic rings. The van der Waals surface area contributed by atoms with E-state index in [0.29, 0.717) is 37.3 Å². The Labute approximate surface area is 171 Å². The lowest BCUT2D eigenvalue weighted by molar-refractivity contribution is -0.139. The van der Waals surface area contributed by atoms with Crippen LogP contribution < -0.4 is 5.73 Å². The molecule has 2 N–H and O–H groups in total. The molecule has 29 heavy (non-hydrogen) atoms. The maximum Gasteiger partial charge on any atom is 0.336 e. The Balaban J connectivity index is 2.15. The number of ketones is 1. The summed E-state index contributed by atoms with van der Waals surface area (Å²) < 4.78 is 11.0. The minimum Gasteiger partial charge on any atom is -0.463 e.